The van der Waals surface area contributed by atoms with E-state index in [0.29, 0.717) is 19.5 Å². The van der Waals surface area contributed by atoms with Gasteiger partial charge in [-0.05, 0) is 30.2 Å². The average molecular weight is 467 g/mol. The number of amides is 1. The standard InChI is InChI=1S/C24H30N6O4/c31-24(26-7-8-27-11-13-34-14-12-27)20-16-18-15-19(30(32)33)4-5-21(18)29-10-9-28(17-22(20)29)23-3-1-2-6-25-23/h1-6,15,20,22H,7-14,16-17H2,(H,26,31). The average Bonchev–Trinajstić information content (AvgIpc) is 2.88. The van der Waals surface area contributed by atoms with Crippen LogP contribution in [-0.2, 0) is 16.0 Å². The molecule has 3 aliphatic heterocycles. The molecule has 2 unspecified atom stereocenters. The van der Waals surface area contributed by atoms with Crippen LogP contribution in [0.5, 0.6) is 0 Å². The molecule has 10 heteroatoms. The Hall–Kier alpha value is -3.24. The zero-order valence-corrected chi connectivity index (χ0v) is 19.1. The van der Waals surface area contributed by atoms with Crippen molar-refractivity contribution < 1.29 is 14.5 Å². The highest BCUT2D eigenvalue weighted by Gasteiger charge is 2.42. The molecule has 0 spiro atoms. The number of aromatic nitrogens is 1. The van der Waals surface area contributed by atoms with Gasteiger partial charge < -0.3 is 19.9 Å². The molecule has 3 aliphatic rings. The third-order valence-electron chi connectivity index (χ3n) is 7.05. The molecule has 1 aromatic carbocycles. The van der Waals surface area contributed by atoms with Crippen molar-refractivity contribution in [3.8, 4) is 0 Å². The highest BCUT2D eigenvalue weighted by molar-refractivity contribution is 5.82. The van der Waals surface area contributed by atoms with Crippen molar-refractivity contribution in [3.05, 3.63) is 58.3 Å². The van der Waals surface area contributed by atoms with Gasteiger partial charge >= 0.3 is 0 Å². The number of piperazine rings is 1. The third-order valence-corrected chi connectivity index (χ3v) is 7.05. The van der Waals surface area contributed by atoms with Gasteiger partial charge in [-0.1, -0.05) is 6.07 Å². The first kappa shape index (κ1) is 22.5. The van der Waals surface area contributed by atoms with Gasteiger partial charge in [0, 0.05) is 69.8 Å². The molecule has 2 saturated heterocycles. The van der Waals surface area contributed by atoms with E-state index in [0.717, 1.165) is 63.0 Å². The lowest BCUT2D eigenvalue weighted by Crippen LogP contribution is -2.61. The summed E-state index contributed by atoms with van der Waals surface area (Å²) >= 11 is 0. The van der Waals surface area contributed by atoms with E-state index >= 15 is 0 Å². The summed E-state index contributed by atoms with van der Waals surface area (Å²) in [6, 6.07) is 10.9. The van der Waals surface area contributed by atoms with Crippen LogP contribution in [-0.4, -0.2) is 85.8 Å². The Morgan fingerprint density at radius 1 is 1.18 bits per heavy atom. The second-order valence-corrected chi connectivity index (χ2v) is 9.02. The topological polar surface area (TPSA) is 104 Å². The van der Waals surface area contributed by atoms with Crippen LogP contribution >= 0.6 is 0 Å². The number of benzene rings is 1. The smallest absolute Gasteiger partial charge is 0.269 e. The maximum Gasteiger partial charge on any atom is 0.269 e. The van der Waals surface area contributed by atoms with E-state index in [1.54, 1.807) is 18.3 Å². The Morgan fingerprint density at radius 2 is 2.03 bits per heavy atom. The zero-order valence-electron chi connectivity index (χ0n) is 19.1. The summed E-state index contributed by atoms with van der Waals surface area (Å²) in [7, 11) is 0. The number of hydrogen-bond donors (Lipinski definition) is 1. The molecule has 180 valence electrons. The monoisotopic (exact) mass is 466 g/mol. The molecule has 10 nitrogen and oxygen atoms in total. The summed E-state index contributed by atoms with van der Waals surface area (Å²) in [6.45, 7) is 6.76. The van der Waals surface area contributed by atoms with Crippen LogP contribution < -0.4 is 15.1 Å². The van der Waals surface area contributed by atoms with Gasteiger partial charge in [-0.25, -0.2) is 4.98 Å². The number of hydrogen-bond acceptors (Lipinski definition) is 8. The molecule has 0 radical (unpaired) electrons. The summed E-state index contributed by atoms with van der Waals surface area (Å²) in [5.41, 5.74) is 1.93. The molecular weight excluding hydrogens is 436 g/mol. The van der Waals surface area contributed by atoms with Gasteiger partial charge in [0.15, 0.2) is 0 Å². The first-order chi connectivity index (χ1) is 16.6. The molecule has 2 aromatic rings. The van der Waals surface area contributed by atoms with Crippen LogP contribution in [0.2, 0.25) is 0 Å². The Morgan fingerprint density at radius 3 is 2.79 bits per heavy atom. The molecule has 1 N–H and O–H groups in total. The summed E-state index contributed by atoms with van der Waals surface area (Å²) in [6.07, 6.45) is 2.27. The number of carbonyl (C=O) groups is 1. The molecule has 2 atom stereocenters. The number of fused-ring (bicyclic) bond motifs is 3. The number of morpholine rings is 1. The molecule has 5 rings (SSSR count). The summed E-state index contributed by atoms with van der Waals surface area (Å²) in [4.78, 5) is 35.7. The Labute approximate surface area is 198 Å². The molecule has 0 bridgehead atoms. The number of nitrogens with zero attached hydrogens (tertiary/aromatic N) is 5. The van der Waals surface area contributed by atoms with Crippen molar-refractivity contribution in [2.75, 3.05) is 68.8 Å². The predicted molar refractivity (Wildman–Crippen MR) is 128 cm³/mol. The first-order valence-corrected chi connectivity index (χ1v) is 11.9. The quantitative estimate of drug-likeness (QED) is 0.502. The van der Waals surface area contributed by atoms with Gasteiger partial charge in [0.25, 0.3) is 5.69 Å². The number of carbonyl (C=O) groups excluding carboxylic acids is 1. The van der Waals surface area contributed by atoms with Crippen LogP contribution in [0.3, 0.4) is 0 Å². The molecule has 34 heavy (non-hydrogen) atoms. The van der Waals surface area contributed by atoms with Crippen molar-refractivity contribution in [1.29, 1.82) is 0 Å². The van der Waals surface area contributed by atoms with E-state index in [2.05, 4.69) is 25.0 Å². The minimum Gasteiger partial charge on any atom is -0.379 e. The molecule has 0 saturated carbocycles. The van der Waals surface area contributed by atoms with E-state index in [-0.39, 0.29) is 28.5 Å². The number of anilines is 2. The van der Waals surface area contributed by atoms with Crippen LogP contribution in [0.1, 0.15) is 5.56 Å². The van der Waals surface area contributed by atoms with Crippen LogP contribution in [0.25, 0.3) is 0 Å². The maximum absolute atomic E-state index is 13.4. The normalized spacial score (nSPS) is 22.6. The fourth-order valence-corrected chi connectivity index (χ4v) is 5.26. The van der Waals surface area contributed by atoms with Crippen molar-refractivity contribution in [2.24, 2.45) is 5.92 Å². The fourth-order valence-electron chi connectivity index (χ4n) is 5.26. The summed E-state index contributed by atoms with van der Waals surface area (Å²) in [5, 5.41) is 14.5. The van der Waals surface area contributed by atoms with E-state index < -0.39 is 0 Å². The minimum absolute atomic E-state index is 0.00304. The van der Waals surface area contributed by atoms with Crippen LogP contribution in [0.15, 0.2) is 42.6 Å². The van der Waals surface area contributed by atoms with Crippen molar-refractivity contribution in [3.63, 3.8) is 0 Å². The lowest BCUT2D eigenvalue weighted by atomic mass is 9.83. The lowest BCUT2D eigenvalue weighted by Gasteiger charge is -2.49. The SMILES string of the molecule is O=C(NCCN1CCOCC1)C1Cc2cc([N+](=O)[O-])ccc2N2CCN(c3ccccn3)CC12. The largest absolute Gasteiger partial charge is 0.379 e. The molecule has 2 fully saturated rings. The Kier molecular flexibility index (Phi) is 6.59. The maximum atomic E-state index is 13.4. The van der Waals surface area contributed by atoms with Crippen LogP contribution in [0.4, 0.5) is 17.2 Å². The summed E-state index contributed by atoms with van der Waals surface area (Å²) < 4.78 is 5.40. The molecule has 4 heterocycles. The number of ether oxygens (including phenoxy) is 1. The van der Waals surface area contributed by atoms with Gasteiger partial charge in [0.1, 0.15) is 5.82 Å². The number of non-ortho nitro benzene ring substituents is 1. The van der Waals surface area contributed by atoms with Gasteiger partial charge in [-0.15, -0.1) is 0 Å². The van der Waals surface area contributed by atoms with Gasteiger partial charge in [-0.3, -0.25) is 19.8 Å². The van der Waals surface area contributed by atoms with Gasteiger partial charge in [0.05, 0.1) is 30.1 Å². The zero-order chi connectivity index (χ0) is 23.5. The number of rotatable bonds is 6. The number of nitro groups is 1. The first-order valence-electron chi connectivity index (χ1n) is 11.9. The lowest BCUT2D eigenvalue weighted by molar-refractivity contribution is -0.384. The van der Waals surface area contributed by atoms with Crippen LogP contribution in [0, 0.1) is 16.0 Å². The second kappa shape index (κ2) is 9.94. The van der Waals surface area contributed by atoms with Gasteiger partial charge in [0.2, 0.25) is 5.91 Å². The minimum atomic E-state index is -0.372. The van der Waals surface area contributed by atoms with Crippen molar-refractivity contribution >= 4 is 23.1 Å². The molecule has 1 amide bonds. The number of nitro benzene ring substituents is 1. The second-order valence-electron chi connectivity index (χ2n) is 9.02. The van der Waals surface area contributed by atoms with Gasteiger partial charge in [-0.2, -0.15) is 0 Å². The Bertz CT molecular complexity index is 1030. The number of pyridine rings is 1. The highest BCUT2D eigenvalue weighted by Crippen LogP contribution is 2.38. The Balaban J connectivity index is 1.35. The van der Waals surface area contributed by atoms with E-state index in [4.69, 9.17) is 4.74 Å². The fraction of sp³-hybridized carbons (Fsp3) is 0.500. The van der Waals surface area contributed by atoms with E-state index in [1.165, 1.54) is 0 Å². The highest BCUT2D eigenvalue weighted by atomic mass is 16.6. The molecule has 0 aliphatic carbocycles. The third kappa shape index (κ3) is 4.69. The summed E-state index contributed by atoms with van der Waals surface area (Å²) in [5.74, 6) is 0.608. The van der Waals surface area contributed by atoms with Crippen molar-refractivity contribution in [2.45, 2.75) is 12.5 Å². The number of nitrogens with one attached hydrogen (secondary N) is 1. The predicted octanol–water partition coefficient (Wildman–Crippen LogP) is 1.31. The van der Waals surface area contributed by atoms with E-state index in [1.807, 2.05) is 24.3 Å². The van der Waals surface area contributed by atoms with E-state index in [9.17, 15) is 14.9 Å². The van der Waals surface area contributed by atoms with Crippen molar-refractivity contribution in [1.82, 2.24) is 15.2 Å². The molecule has 1 aromatic heterocycles. The molecular formula is C24H30N6O4.